The van der Waals surface area contributed by atoms with Gasteiger partial charge in [-0.2, -0.15) is 0 Å². The van der Waals surface area contributed by atoms with Crippen molar-refractivity contribution in [1.29, 1.82) is 0 Å². The SMILES string of the molecule is NCCc1coc(Cc2cccc(Br)c2)n1. The second kappa shape index (κ2) is 5.27. The highest BCUT2D eigenvalue weighted by Gasteiger charge is 2.04. The van der Waals surface area contributed by atoms with E-state index in [1.165, 1.54) is 5.56 Å². The molecule has 0 aliphatic rings. The highest BCUT2D eigenvalue weighted by Crippen LogP contribution is 2.15. The Morgan fingerprint density at radius 3 is 3.00 bits per heavy atom. The van der Waals surface area contributed by atoms with Crippen LogP contribution in [0.3, 0.4) is 0 Å². The summed E-state index contributed by atoms with van der Waals surface area (Å²) in [5.74, 6) is 0.738. The van der Waals surface area contributed by atoms with Gasteiger partial charge in [-0.3, -0.25) is 0 Å². The van der Waals surface area contributed by atoms with Crippen molar-refractivity contribution < 1.29 is 4.42 Å². The minimum absolute atomic E-state index is 0.600. The van der Waals surface area contributed by atoms with E-state index in [1.807, 2.05) is 12.1 Å². The normalized spacial score (nSPS) is 10.6. The van der Waals surface area contributed by atoms with Gasteiger partial charge < -0.3 is 10.2 Å². The van der Waals surface area contributed by atoms with Gasteiger partial charge in [-0.25, -0.2) is 4.98 Å². The number of halogens is 1. The van der Waals surface area contributed by atoms with Crippen molar-refractivity contribution in [3.8, 4) is 0 Å². The molecule has 0 fully saturated rings. The predicted molar refractivity (Wildman–Crippen MR) is 66.2 cm³/mol. The fourth-order valence-electron chi connectivity index (χ4n) is 1.51. The van der Waals surface area contributed by atoms with E-state index in [0.717, 1.165) is 22.5 Å². The van der Waals surface area contributed by atoms with Gasteiger partial charge in [0.05, 0.1) is 5.69 Å². The lowest BCUT2D eigenvalue weighted by Gasteiger charge is -1.97. The van der Waals surface area contributed by atoms with Crippen molar-refractivity contribution in [2.45, 2.75) is 12.8 Å². The van der Waals surface area contributed by atoms with Crippen molar-refractivity contribution in [3.05, 3.63) is 52.1 Å². The second-order valence-corrected chi connectivity index (χ2v) is 4.49. The Balaban J connectivity index is 2.08. The van der Waals surface area contributed by atoms with E-state index in [9.17, 15) is 0 Å². The molecule has 0 aliphatic carbocycles. The van der Waals surface area contributed by atoms with Gasteiger partial charge in [0.25, 0.3) is 0 Å². The maximum atomic E-state index is 5.45. The van der Waals surface area contributed by atoms with E-state index in [4.69, 9.17) is 10.2 Å². The summed E-state index contributed by atoms with van der Waals surface area (Å²) in [6.07, 6.45) is 3.16. The van der Waals surface area contributed by atoms with Gasteiger partial charge in [-0.1, -0.05) is 28.1 Å². The number of oxazole rings is 1. The Kier molecular flexibility index (Phi) is 3.74. The van der Waals surface area contributed by atoms with Crippen molar-refractivity contribution in [1.82, 2.24) is 4.98 Å². The average Bonchev–Trinajstić information content (AvgIpc) is 2.66. The first kappa shape index (κ1) is 11.4. The van der Waals surface area contributed by atoms with Crippen molar-refractivity contribution >= 4 is 15.9 Å². The zero-order chi connectivity index (χ0) is 11.4. The summed E-state index contributed by atoms with van der Waals surface area (Å²) in [7, 11) is 0. The van der Waals surface area contributed by atoms with Crippen molar-refractivity contribution in [3.63, 3.8) is 0 Å². The number of hydrogen-bond acceptors (Lipinski definition) is 3. The van der Waals surface area contributed by atoms with E-state index in [-0.39, 0.29) is 0 Å². The number of nitrogens with two attached hydrogens (primary N) is 1. The smallest absolute Gasteiger partial charge is 0.198 e. The van der Waals surface area contributed by atoms with E-state index in [0.29, 0.717) is 13.0 Å². The molecule has 4 heteroatoms. The molecule has 0 aliphatic heterocycles. The quantitative estimate of drug-likeness (QED) is 0.936. The third kappa shape index (κ3) is 2.93. The highest BCUT2D eigenvalue weighted by molar-refractivity contribution is 9.10. The minimum atomic E-state index is 0.600. The van der Waals surface area contributed by atoms with Gasteiger partial charge in [0.15, 0.2) is 5.89 Å². The average molecular weight is 281 g/mol. The molecule has 3 nitrogen and oxygen atoms in total. The van der Waals surface area contributed by atoms with E-state index >= 15 is 0 Å². The van der Waals surface area contributed by atoms with Crippen LogP contribution in [0.2, 0.25) is 0 Å². The number of rotatable bonds is 4. The van der Waals surface area contributed by atoms with Crippen LogP contribution in [0.5, 0.6) is 0 Å². The zero-order valence-electron chi connectivity index (χ0n) is 8.82. The Morgan fingerprint density at radius 2 is 2.25 bits per heavy atom. The van der Waals surface area contributed by atoms with Crippen LogP contribution in [-0.4, -0.2) is 11.5 Å². The van der Waals surface area contributed by atoms with Gasteiger partial charge in [0.2, 0.25) is 0 Å². The van der Waals surface area contributed by atoms with Crippen LogP contribution in [0, 0.1) is 0 Å². The van der Waals surface area contributed by atoms with Gasteiger partial charge in [0.1, 0.15) is 6.26 Å². The van der Waals surface area contributed by atoms with E-state index in [1.54, 1.807) is 6.26 Å². The van der Waals surface area contributed by atoms with E-state index in [2.05, 4.69) is 33.0 Å². The van der Waals surface area contributed by atoms with Gasteiger partial charge >= 0.3 is 0 Å². The monoisotopic (exact) mass is 280 g/mol. The largest absolute Gasteiger partial charge is 0.448 e. The molecule has 0 bridgehead atoms. The minimum Gasteiger partial charge on any atom is -0.448 e. The Labute approximate surface area is 103 Å². The third-order valence-corrected chi connectivity index (χ3v) is 2.74. The molecule has 84 valence electrons. The molecule has 0 spiro atoms. The molecule has 0 radical (unpaired) electrons. The molecule has 0 saturated carbocycles. The molecular weight excluding hydrogens is 268 g/mol. The molecule has 0 amide bonds. The molecule has 2 rings (SSSR count). The van der Waals surface area contributed by atoms with Crippen LogP contribution in [-0.2, 0) is 12.8 Å². The highest BCUT2D eigenvalue weighted by atomic mass is 79.9. The first-order valence-corrected chi connectivity index (χ1v) is 5.95. The van der Waals surface area contributed by atoms with Crippen LogP contribution in [0.4, 0.5) is 0 Å². The molecular formula is C12H13BrN2O. The summed E-state index contributed by atoms with van der Waals surface area (Å²) in [4.78, 5) is 4.36. The van der Waals surface area contributed by atoms with Crippen LogP contribution in [0.25, 0.3) is 0 Å². The maximum Gasteiger partial charge on any atom is 0.198 e. The Hall–Kier alpha value is -1.13. The number of benzene rings is 1. The summed E-state index contributed by atoms with van der Waals surface area (Å²) >= 11 is 3.44. The molecule has 0 atom stereocenters. The lowest BCUT2D eigenvalue weighted by Crippen LogP contribution is -2.02. The molecule has 1 aromatic carbocycles. The molecule has 1 heterocycles. The first-order valence-electron chi connectivity index (χ1n) is 5.15. The molecule has 1 aromatic heterocycles. The number of aromatic nitrogens is 1. The third-order valence-electron chi connectivity index (χ3n) is 2.24. The lowest BCUT2D eigenvalue weighted by atomic mass is 10.1. The summed E-state index contributed by atoms with van der Waals surface area (Å²) in [6, 6.07) is 8.12. The maximum absolute atomic E-state index is 5.45. The number of hydrogen-bond donors (Lipinski definition) is 1. The first-order chi connectivity index (χ1) is 7.78. The zero-order valence-corrected chi connectivity index (χ0v) is 10.4. The van der Waals surface area contributed by atoms with Crippen LogP contribution in [0.15, 0.2) is 39.4 Å². The van der Waals surface area contributed by atoms with E-state index < -0.39 is 0 Å². The van der Waals surface area contributed by atoms with Gasteiger partial charge in [0, 0.05) is 17.3 Å². The topological polar surface area (TPSA) is 52.0 Å². The predicted octanol–water partition coefficient (Wildman–Crippen LogP) is 2.53. The summed E-state index contributed by atoms with van der Waals surface area (Å²) in [5.41, 5.74) is 7.55. The lowest BCUT2D eigenvalue weighted by molar-refractivity contribution is 0.506. The molecule has 2 N–H and O–H groups in total. The van der Waals surface area contributed by atoms with Gasteiger partial charge in [-0.15, -0.1) is 0 Å². The fourth-order valence-corrected chi connectivity index (χ4v) is 1.96. The van der Waals surface area contributed by atoms with Crippen molar-refractivity contribution in [2.24, 2.45) is 5.73 Å². The van der Waals surface area contributed by atoms with Gasteiger partial charge in [-0.05, 0) is 24.2 Å². The summed E-state index contributed by atoms with van der Waals surface area (Å²) in [6.45, 7) is 0.600. The summed E-state index contributed by atoms with van der Waals surface area (Å²) < 4.78 is 6.45. The standard InChI is InChI=1S/C12H13BrN2O/c13-10-3-1-2-9(6-10)7-12-15-11(4-5-14)8-16-12/h1-3,6,8H,4-5,7,14H2. The molecule has 0 saturated heterocycles. The Bertz CT molecular complexity index is 468. The molecule has 16 heavy (non-hydrogen) atoms. The Morgan fingerprint density at radius 1 is 1.38 bits per heavy atom. The summed E-state index contributed by atoms with van der Waals surface area (Å²) in [5, 5.41) is 0. The second-order valence-electron chi connectivity index (χ2n) is 3.58. The van der Waals surface area contributed by atoms with Crippen LogP contribution in [0.1, 0.15) is 17.1 Å². The fraction of sp³-hybridized carbons (Fsp3) is 0.250. The van der Waals surface area contributed by atoms with Crippen molar-refractivity contribution in [2.75, 3.05) is 6.54 Å². The number of nitrogens with zero attached hydrogens (tertiary/aromatic N) is 1. The van der Waals surface area contributed by atoms with Crippen LogP contribution >= 0.6 is 15.9 Å². The molecule has 2 aromatic rings. The van der Waals surface area contributed by atoms with Crippen LogP contribution < -0.4 is 5.73 Å². The molecule has 0 unspecified atom stereocenters.